The number of ether oxygens (including phenoxy) is 1. The molecule has 0 radical (unpaired) electrons. The van der Waals surface area contributed by atoms with Crippen LogP contribution in [0.15, 0.2) is 51.9 Å². The SMILES string of the molecule is O=c1[nH]c(-c2cc(-c3cccc(OC(F)(F)F)c3)ccn2)no1. The minimum atomic E-state index is -4.76. The second kappa shape index (κ2) is 5.59. The highest BCUT2D eigenvalue weighted by molar-refractivity contribution is 5.68. The van der Waals surface area contributed by atoms with Gasteiger partial charge >= 0.3 is 12.1 Å². The lowest BCUT2D eigenvalue weighted by Gasteiger charge is -2.10. The Kier molecular flexibility index (Phi) is 3.61. The minimum absolute atomic E-state index is 0.125. The largest absolute Gasteiger partial charge is 0.573 e. The van der Waals surface area contributed by atoms with Crippen molar-refractivity contribution < 1.29 is 22.4 Å². The Morgan fingerprint density at radius 1 is 1.13 bits per heavy atom. The van der Waals surface area contributed by atoms with Gasteiger partial charge in [-0.2, -0.15) is 0 Å². The Balaban J connectivity index is 1.96. The third kappa shape index (κ3) is 3.57. The third-order valence-electron chi connectivity index (χ3n) is 2.84. The average Bonchev–Trinajstić information content (AvgIpc) is 2.93. The first-order valence-electron chi connectivity index (χ1n) is 6.29. The van der Waals surface area contributed by atoms with Gasteiger partial charge in [-0.05, 0) is 35.4 Å². The van der Waals surface area contributed by atoms with Crippen molar-refractivity contribution in [1.82, 2.24) is 15.1 Å². The number of nitrogens with zero attached hydrogens (tertiary/aromatic N) is 2. The van der Waals surface area contributed by atoms with Gasteiger partial charge in [0.25, 0.3) is 0 Å². The number of alkyl halides is 3. The van der Waals surface area contributed by atoms with Crippen LogP contribution < -0.4 is 10.5 Å². The second-order valence-electron chi connectivity index (χ2n) is 4.45. The number of pyridine rings is 1. The Morgan fingerprint density at radius 2 is 1.91 bits per heavy atom. The van der Waals surface area contributed by atoms with Crippen molar-refractivity contribution in [3.05, 3.63) is 53.1 Å². The molecule has 3 rings (SSSR count). The number of hydrogen-bond donors (Lipinski definition) is 1. The van der Waals surface area contributed by atoms with E-state index in [0.717, 1.165) is 0 Å². The molecule has 0 atom stereocenters. The van der Waals surface area contributed by atoms with E-state index in [-0.39, 0.29) is 11.6 Å². The molecule has 3 aromatic rings. The van der Waals surface area contributed by atoms with Crippen molar-refractivity contribution in [3.63, 3.8) is 0 Å². The van der Waals surface area contributed by atoms with Crippen molar-refractivity contribution in [1.29, 1.82) is 0 Å². The molecule has 1 aromatic carbocycles. The van der Waals surface area contributed by atoms with Crippen LogP contribution in [0.5, 0.6) is 5.75 Å². The molecule has 0 unspecified atom stereocenters. The molecule has 1 N–H and O–H groups in total. The van der Waals surface area contributed by atoms with Gasteiger partial charge in [0.15, 0.2) is 0 Å². The predicted molar refractivity (Wildman–Crippen MR) is 72.5 cm³/mol. The van der Waals surface area contributed by atoms with E-state index in [1.165, 1.54) is 24.4 Å². The maximum atomic E-state index is 12.3. The molecular formula is C14H8F3N3O3. The molecular weight excluding hydrogens is 315 g/mol. The lowest BCUT2D eigenvalue weighted by Crippen LogP contribution is -2.17. The monoisotopic (exact) mass is 323 g/mol. The van der Waals surface area contributed by atoms with Crippen molar-refractivity contribution in [2.45, 2.75) is 6.36 Å². The van der Waals surface area contributed by atoms with Crippen LogP contribution in [0.3, 0.4) is 0 Å². The molecule has 2 heterocycles. The zero-order valence-electron chi connectivity index (χ0n) is 11.3. The summed E-state index contributed by atoms with van der Waals surface area (Å²) in [6.07, 6.45) is -3.32. The standard InChI is InChI=1S/C14H8F3N3O3/c15-14(16,17)22-10-3-1-2-8(6-10)9-4-5-18-11(7-9)12-19-13(21)23-20-12/h1-7H,(H,19,20,21). The Bertz CT molecular complexity index is 886. The van der Waals surface area contributed by atoms with Crippen LogP contribution in [0, 0.1) is 0 Å². The zero-order valence-corrected chi connectivity index (χ0v) is 11.3. The van der Waals surface area contributed by atoms with E-state index < -0.39 is 12.1 Å². The highest BCUT2D eigenvalue weighted by Gasteiger charge is 2.31. The fraction of sp³-hybridized carbons (Fsp3) is 0.0714. The number of H-pyrrole nitrogens is 1. The van der Waals surface area contributed by atoms with Gasteiger partial charge in [0.1, 0.15) is 11.4 Å². The molecule has 0 spiro atoms. The highest BCUT2D eigenvalue weighted by Crippen LogP contribution is 2.28. The molecule has 0 aliphatic carbocycles. The van der Waals surface area contributed by atoms with Gasteiger partial charge in [-0.15, -0.1) is 13.2 Å². The van der Waals surface area contributed by atoms with Crippen molar-refractivity contribution >= 4 is 0 Å². The summed E-state index contributed by atoms with van der Waals surface area (Å²) < 4.78 is 45.1. The molecule has 9 heteroatoms. The molecule has 0 aliphatic rings. The molecule has 0 aliphatic heterocycles. The molecule has 0 fully saturated rings. The lowest BCUT2D eigenvalue weighted by atomic mass is 10.1. The summed E-state index contributed by atoms with van der Waals surface area (Å²) in [5.74, 6) is -0.935. The normalized spacial score (nSPS) is 11.4. The van der Waals surface area contributed by atoms with Gasteiger partial charge in [-0.25, -0.2) is 4.79 Å². The van der Waals surface area contributed by atoms with Crippen LogP contribution in [0.4, 0.5) is 13.2 Å². The number of aromatic amines is 1. The summed E-state index contributed by atoms with van der Waals surface area (Å²) in [5, 5.41) is 3.51. The van der Waals surface area contributed by atoms with Crippen LogP contribution in [-0.4, -0.2) is 21.5 Å². The van der Waals surface area contributed by atoms with E-state index in [2.05, 4.69) is 24.4 Å². The van der Waals surface area contributed by atoms with E-state index in [1.54, 1.807) is 18.2 Å². The molecule has 2 aromatic heterocycles. The van der Waals surface area contributed by atoms with E-state index in [0.29, 0.717) is 16.8 Å². The summed E-state index contributed by atoms with van der Waals surface area (Å²) in [6, 6.07) is 8.67. The van der Waals surface area contributed by atoms with Gasteiger partial charge < -0.3 is 4.74 Å². The number of aromatic nitrogens is 3. The molecule has 118 valence electrons. The van der Waals surface area contributed by atoms with Gasteiger partial charge in [-0.3, -0.25) is 14.5 Å². The second-order valence-corrected chi connectivity index (χ2v) is 4.45. The smallest absolute Gasteiger partial charge is 0.406 e. The van der Waals surface area contributed by atoms with Gasteiger partial charge in [-0.1, -0.05) is 17.3 Å². The van der Waals surface area contributed by atoms with Crippen molar-refractivity contribution in [2.75, 3.05) is 0 Å². The third-order valence-corrected chi connectivity index (χ3v) is 2.84. The van der Waals surface area contributed by atoms with Gasteiger partial charge in [0.2, 0.25) is 5.82 Å². The van der Waals surface area contributed by atoms with E-state index in [4.69, 9.17) is 0 Å². The Morgan fingerprint density at radius 3 is 2.61 bits per heavy atom. The van der Waals surface area contributed by atoms with Crippen molar-refractivity contribution in [2.24, 2.45) is 0 Å². The summed E-state index contributed by atoms with van der Waals surface area (Å²) in [4.78, 5) is 17.3. The first kappa shape index (κ1) is 14.8. The summed E-state index contributed by atoms with van der Waals surface area (Å²) in [5.41, 5.74) is 1.38. The van der Waals surface area contributed by atoms with E-state index in [1.807, 2.05) is 0 Å². The van der Waals surface area contributed by atoms with Crippen LogP contribution in [0.1, 0.15) is 0 Å². The van der Waals surface area contributed by atoms with E-state index in [9.17, 15) is 18.0 Å². The number of hydrogen-bond acceptors (Lipinski definition) is 5. The highest BCUT2D eigenvalue weighted by atomic mass is 19.4. The van der Waals surface area contributed by atoms with Gasteiger partial charge in [0.05, 0.1) is 0 Å². The van der Waals surface area contributed by atoms with Crippen LogP contribution in [0.2, 0.25) is 0 Å². The summed E-state index contributed by atoms with van der Waals surface area (Å²) >= 11 is 0. The number of nitrogens with one attached hydrogen (secondary N) is 1. The molecule has 6 nitrogen and oxygen atoms in total. The molecule has 0 saturated carbocycles. The quantitative estimate of drug-likeness (QED) is 0.801. The molecule has 0 amide bonds. The zero-order chi connectivity index (χ0) is 16.4. The minimum Gasteiger partial charge on any atom is -0.406 e. The van der Waals surface area contributed by atoms with E-state index >= 15 is 0 Å². The maximum Gasteiger partial charge on any atom is 0.573 e. The maximum absolute atomic E-state index is 12.3. The summed E-state index contributed by atoms with van der Waals surface area (Å²) in [7, 11) is 0. The summed E-state index contributed by atoms with van der Waals surface area (Å²) in [6.45, 7) is 0. The number of benzene rings is 1. The Hall–Kier alpha value is -3.10. The Labute approximate surface area is 126 Å². The first-order valence-corrected chi connectivity index (χ1v) is 6.29. The fourth-order valence-corrected chi connectivity index (χ4v) is 1.95. The number of rotatable bonds is 3. The molecule has 0 saturated heterocycles. The van der Waals surface area contributed by atoms with Crippen LogP contribution in [0.25, 0.3) is 22.6 Å². The molecule has 0 bridgehead atoms. The lowest BCUT2D eigenvalue weighted by molar-refractivity contribution is -0.274. The predicted octanol–water partition coefficient (Wildman–Crippen LogP) is 2.99. The number of halogens is 3. The van der Waals surface area contributed by atoms with Gasteiger partial charge in [0, 0.05) is 6.20 Å². The van der Waals surface area contributed by atoms with Crippen molar-refractivity contribution in [3.8, 4) is 28.4 Å². The first-order chi connectivity index (χ1) is 10.9. The van der Waals surface area contributed by atoms with Crippen LogP contribution >= 0.6 is 0 Å². The van der Waals surface area contributed by atoms with Crippen LogP contribution in [-0.2, 0) is 0 Å². The average molecular weight is 323 g/mol. The topological polar surface area (TPSA) is 81.0 Å². The molecule has 23 heavy (non-hydrogen) atoms. The fourth-order valence-electron chi connectivity index (χ4n) is 1.95.